The Balaban J connectivity index is 1.28. The van der Waals surface area contributed by atoms with E-state index in [-0.39, 0.29) is 12.0 Å². The Morgan fingerprint density at radius 2 is 1.85 bits per heavy atom. The van der Waals surface area contributed by atoms with Gasteiger partial charge in [-0.3, -0.25) is 9.69 Å². The second-order valence-corrected chi connectivity index (χ2v) is 6.84. The van der Waals surface area contributed by atoms with E-state index >= 15 is 0 Å². The van der Waals surface area contributed by atoms with Crippen LogP contribution in [0.5, 0.6) is 11.5 Å². The van der Waals surface area contributed by atoms with Crippen molar-refractivity contribution in [1.82, 2.24) is 10.2 Å². The molecule has 1 saturated heterocycles. The summed E-state index contributed by atoms with van der Waals surface area (Å²) >= 11 is 0. The standard InChI is InChI=1S/C21H24N2O3/c24-21(14-23-12-6-9-18(23)16-7-2-1-3-8-16)22-13-17-15-25-19-10-4-5-11-20(19)26-17/h1-5,7-8,10-11,17-18H,6,9,12-15H2,(H,22,24)/t17-,18+/m1/s1. The lowest BCUT2D eigenvalue weighted by Crippen LogP contribution is -2.44. The van der Waals surface area contributed by atoms with Gasteiger partial charge in [-0.15, -0.1) is 0 Å². The van der Waals surface area contributed by atoms with Crippen molar-refractivity contribution in [2.45, 2.75) is 25.0 Å². The molecule has 5 heteroatoms. The Morgan fingerprint density at radius 1 is 1.08 bits per heavy atom. The van der Waals surface area contributed by atoms with E-state index in [9.17, 15) is 4.79 Å². The maximum absolute atomic E-state index is 12.4. The van der Waals surface area contributed by atoms with Crippen LogP contribution in [0.1, 0.15) is 24.4 Å². The summed E-state index contributed by atoms with van der Waals surface area (Å²) < 4.78 is 11.6. The van der Waals surface area contributed by atoms with E-state index in [0.717, 1.165) is 30.9 Å². The Bertz CT molecular complexity index is 750. The van der Waals surface area contributed by atoms with E-state index < -0.39 is 0 Å². The molecule has 0 aliphatic carbocycles. The highest BCUT2D eigenvalue weighted by atomic mass is 16.6. The zero-order valence-electron chi connectivity index (χ0n) is 14.8. The number of hydrogen-bond acceptors (Lipinski definition) is 4. The molecule has 0 aromatic heterocycles. The number of hydrogen-bond donors (Lipinski definition) is 1. The van der Waals surface area contributed by atoms with Gasteiger partial charge in [0, 0.05) is 6.04 Å². The summed E-state index contributed by atoms with van der Waals surface area (Å²) in [6, 6.07) is 18.4. The van der Waals surface area contributed by atoms with E-state index in [4.69, 9.17) is 9.47 Å². The topological polar surface area (TPSA) is 50.8 Å². The number of nitrogens with one attached hydrogen (secondary N) is 1. The Morgan fingerprint density at radius 3 is 2.69 bits per heavy atom. The Hall–Kier alpha value is -2.53. The van der Waals surface area contributed by atoms with E-state index in [1.54, 1.807) is 0 Å². The quantitative estimate of drug-likeness (QED) is 0.899. The first kappa shape index (κ1) is 16.9. The van der Waals surface area contributed by atoms with Crippen molar-refractivity contribution in [2.75, 3.05) is 26.2 Å². The van der Waals surface area contributed by atoms with Crippen LogP contribution in [0.4, 0.5) is 0 Å². The fourth-order valence-electron chi connectivity index (χ4n) is 3.70. The van der Waals surface area contributed by atoms with E-state index in [0.29, 0.717) is 25.7 Å². The number of carbonyl (C=O) groups excluding carboxylic acids is 1. The number of likely N-dealkylation sites (tertiary alicyclic amines) is 1. The monoisotopic (exact) mass is 352 g/mol. The number of fused-ring (bicyclic) bond motifs is 1. The van der Waals surface area contributed by atoms with Crippen LogP contribution in [0.15, 0.2) is 54.6 Å². The van der Waals surface area contributed by atoms with Crippen molar-refractivity contribution in [2.24, 2.45) is 0 Å². The van der Waals surface area contributed by atoms with Crippen LogP contribution in [0, 0.1) is 0 Å². The normalized spacial score (nSPS) is 22.2. The molecule has 2 heterocycles. The number of carbonyl (C=O) groups is 1. The van der Waals surface area contributed by atoms with Crippen molar-refractivity contribution in [3.05, 3.63) is 60.2 Å². The van der Waals surface area contributed by atoms with Gasteiger partial charge in [-0.05, 0) is 37.1 Å². The van der Waals surface area contributed by atoms with Gasteiger partial charge in [-0.1, -0.05) is 42.5 Å². The molecule has 26 heavy (non-hydrogen) atoms. The first-order valence-corrected chi connectivity index (χ1v) is 9.24. The predicted octanol–water partition coefficient (Wildman–Crippen LogP) is 2.78. The molecule has 0 bridgehead atoms. The molecule has 2 aromatic carbocycles. The van der Waals surface area contributed by atoms with Gasteiger partial charge in [-0.2, -0.15) is 0 Å². The highest BCUT2D eigenvalue weighted by Gasteiger charge is 2.28. The Labute approximate surface area is 153 Å². The first-order valence-electron chi connectivity index (χ1n) is 9.24. The van der Waals surface area contributed by atoms with Crippen molar-refractivity contribution in [3.8, 4) is 11.5 Å². The summed E-state index contributed by atoms with van der Waals surface area (Å²) in [5.41, 5.74) is 1.29. The lowest BCUT2D eigenvalue weighted by Gasteiger charge is -2.27. The largest absolute Gasteiger partial charge is 0.486 e. The van der Waals surface area contributed by atoms with Gasteiger partial charge in [-0.25, -0.2) is 0 Å². The van der Waals surface area contributed by atoms with Gasteiger partial charge in [0.05, 0.1) is 13.1 Å². The van der Waals surface area contributed by atoms with Crippen LogP contribution in [0.25, 0.3) is 0 Å². The molecule has 1 amide bonds. The number of rotatable bonds is 5. The SMILES string of the molecule is O=C(CN1CCC[C@H]1c1ccccc1)NC[C@@H]1COc2ccccc2O1. The lowest BCUT2D eigenvalue weighted by atomic mass is 10.0. The summed E-state index contributed by atoms with van der Waals surface area (Å²) in [4.78, 5) is 14.7. The maximum atomic E-state index is 12.4. The van der Waals surface area contributed by atoms with Gasteiger partial charge < -0.3 is 14.8 Å². The van der Waals surface area contributed by atoms with Gasteiger partial charge in [0.15, 0.2) is 11.5 Å². The van der Waals surface area contributed by atoms with E-state index in [1.807, 2.05) is 30.3 Å². The maximum Gasteiger partial charge on any atom is 0.234 e. The molecule has 2 aliphatic heterocycles. The molecule has 1 fully saturated rings. The minimum Gasteiger partial charge on any atom is -0.486 e. The lowest BCUT2D eigenvalue weighted by molar-refractivity contribution is -0.123. The van der Waals surface area contributed by atoms with Crippen LogP contribution in [-0.4, -0.2) is 43.2 Å². The molecule has 136 valence electrons. The fraction of sp³-hybridized carbons (Fsp3) is 0.381. The molecule has 1 N–H and O–H groups in total. The van der Waals surface area contributed by atoms with Gasteiger partial charge >= 0.3 is 0 Å². The molecule has 0 radical (unpaired) electrons. The molecular formula is C21H24N2O3. The fourth-order valence-corrected chi connectivity index (χ4v) is 3.70. The third-order valence-electron chi connectivity index (χ3n) is 4.99. The Kier molecular flexibility index (Phi) is 5.07. The predicted molar refractivity (Wildman–Crippen MR) is 99.4 cm³/mol. The second-order valence-electron chi connectivity index (χ2n) is 6.84. The molecule has 0 unspecified atom stereocenters. The average Bonchev–Trinajstić information content (AvgIpc) is 3.15. The van der Waals surface area contributed by atoms with Crippen LogP contribution in [0.2, 0.25) is 0 Å². The van der Waals surface area contributed by atoms with E-state index in [1.165, 1.54) is 5.56 Å². The smallest absolute Gasteiger partial charge is 0.234 e. The highest BCUT2D eigenvalue weighted by molar-refractivity contribution is 5.78. The number of amides is 1. The minimum atomic E-state index is -0.155. The van der Waals surface area contributed by atoms with Gasteiger partial charge in [0.1, 0.15) is 12.7 Å². The zero-order valence-corrected chi connectivity index (χ0v) is 14.8. The van der Waals surface area contributed by atoms with Crippen LogP contribution in [0.3, 0.4) is 0 Å². The third-order valence-corrected chi connectivity index (χ3v) is 4.99. The van der Waals surface area contributed by atoms with Gasteiger partial charge in [0.25, 0.3) is 0 Å². The minimum absolute atomic E-state index is 0.0373. The third kappa shape index (κ3) is 3.83. The van der Waals surface area contributed by atoms with Crippen LogP contribution < -0.4 is 14.8 Å². The van der Waals surface area contributed by atoms with Crippen LogP contribution in [-0.2, 0) is 4.79 Å². The summed E-state index contributed by atoms with van der Waals surface area (Å²) in [6.45, 7) is 2.29. The highest BCUT2D eigenvalue weighted by Crippen LogP contribution is 2.32. The number of ether oxygens (including phenoxy) is 2. The first-order chi connectivity index (χ1) is 12.8. The van der Waals surface area contributed by atoms with Gasteiger partial charge in [0.2, 0.25) is 5.91 Å². The molecule has 2 atom stereocenters. The molecule has 0 saturated carbocycles. The molecule has 2 aromatic rings. The molecule has 0 spiro atoms. The van der Waals surface area contributed by atoms with Crippen molar-refractivity contribution < 1.29 is 14.3 Å². The summed E-state index contributed by atoms with van der Waals surface area (Å²) in [7, 11) is 0. The molecular weight excluding hydrogens is 328 g/mol. The molecule has 4 rings (SSSR count). The number of para-hydroxylation sites is 2. The zero-order chi connectivity index (χ0) is 17.8. The second kappa shape index (κ2) is 7.79. The molecule has 2 aliphatic rings. The van der Waals surface area contributed by atoms with Crippen molar-refractivity contribution >= 4 is 5.91 Å². The van der Waals surface area contributed by atoms with E-state index in [2.05, 4.69) is 34.5 Å². The number of nitrogens with zero attached hydrogens (tertiary/aromatic N) is 1. The summed E-state index contributed by atoms with van der Waals surface area (Å²) in [6.07, 6.45) is 2.08. The summed E-state index contributed by atoms with van der Waals surface area (Å²) in [5, 5.41) is 3.00. The molecule has 5 nitrogen and oxygen atoms in total. The average molecular weight is 352 g/mol. The van der Waals surface area contributed by atoms with Crippen molar-refractivity contribution in [1.29, 1.82) is 0 Å². The summed E-state index contributed by atoms with van der Waals surface area (Å²) in [5.74, 6) is 1.54. The number of benzene rings is 2. The van der Waals surface area contributed by atoms with Crippen molar-refractivity contribution in [3.63, 3.8) is 0 Å². The van der Waals surface area contributed by atoms with Crippen LogP contribution >= 0.6 is 0 Å².